The summed E-state index contributed by atoms with van der Waals surface area (Å²) < 4.78 is 0. The first-order valence-electron chi connectivity index (χ1n) is 4.37. The monoisotopic (exact) mass is 152 g/mol. The van der Waals surface area contributed by atoms with Crippen LogP contribution in [0, 0.1) is 0 Å². The first-order valence-corrected chi connectivity index (χ1v) is 4.37. The Balaban J connectivity index is 2.56. The molecular formula is C9H16N2. The molecule has 0 aliphatic heterocycles. The summed E-state index contributed by atoms with van der Waals surface area (Å²) in [7, 11) is 0. The lowest BCUT2D eigenvalue weighted by Crippen LogP contribution is -1.98. The minimum atomic E-state index is 0.634. The molecule has 2 nitrogen and oxygen atoms in total. The number of aromatic nitrogens is 2. The Labute approximate surface area is 68.0 Å². The van der Waals surface area contributed by atoms with Crippen LogP contribution in [0.4, 0.5) is 0 Å². The van der Waals surface area contributed by atoms with Gasteiger partial charge in [0.1, 0.15) is 5.82 Å². The average Bonchev–Trinajstić information content (AvgIpc) is 2.52. The van der Waals surface area contributed by atoms with Gasteiger partial charge in [0.25, 0.3) is 0 Å². The van der Waals surface area contributed by atoms with E-state index >= 15 is 0 Å². The van der Waals surface area contributed by atoms with Gasteiger partial charge in [0, 0.05) is 18.3 Å². The zero-order valence-electron chi connectivity index (χ0n) is 7.30. The quantitative estimate of drug-likeness (QED) is 0.706. The summed E-state index contributed by atoms with van der Waals surface area (Å²) in [5, 5.41) is 0. The van der Waals surface area contributed by atoms with Gasteiger partial charge in [0.15, 0.2) is 0 Å². The smallest absolute Gasteiger partial charge is 0.109 e. The van der Waals surface area contributed by atoms with Crippen LogP contribution in [0.3, 0.4) is 0 Å². The summed E-state index contributed by atoms with van der Waals surface area (Å²) in [6.45, 7) is 4.43. The highest BCUT2D eigenvalue weighted by atomic mass is 14.9. The number of hydrogen-bond acceptors (Lipinski definition) is 1. The van der Waals surface area contributed by atoms with Crippen LogP contribution in [0.25, 0.3) is 0 Å². The highest BCUT2D eigenvalue weighted by molar-refractivity contribution is 4.95. The van der Waals surface area contributed by atoms with Gasteiger partial charge in [-0.25, -0.2) is 4.98 Å². The number of H-pyrrole nitrogens is 1. The summed E-state index contributed by atoms with van der Waals surface area (Å²) in [6.07, 6.45) is 7.38. The van der Waals surface area contributed by atoms with Crippen molar-refractivity contribution in [3.05, 3.63) is 18.2 Å². The van der Waals surface area contributed by atoms with Crippen molar-refractivity contribution in [3.63, 3.8) is 0 Å². The first kappa shape index (κ1) is 8.31. The van der Waals surface area contributed by atoms with Crippen molar-refractivity contribution in [2.45, 2.75) is 39.0 Å². The molecule has 0 spiro atoms. The van der Waals surface area contributed by atoms with Crippen molar-refractivity contribution >= 4 is 0 Å². The van der Waals surface area contributed by atoms with E-state index in [-0.39, 0.29) is 0 Å². The molecule has 1 atom stereocenters. The van der Waals surface area contributed by atoms with Gasteiger partial charge in [-0.3, -0.25) is 0 Å². The molecule has 0 bridgehead atoms. The van der Waals surface area contributed by atoms with Crippen LogP contribution in [0.1, 0.15) is 44.9 Å². The fourth-order valence-corrected chi connectivity index (χ4v) is 1.38. The van der Waals surface area contributed by atoms with Crippen LogP contribution in [0.5, 0.6) is 0 Å². The molecule has 0 saturated carbocycles. The maximum absolute atomic E-state index is 4.25. The molecule has 11 heavy (non-hydrogen) atoms. The molecule has 0 amide bonds. The number of nitrogens with one attached hydrogen (secondary N) is 1. The summed E-state index contributed by atoms with van der Waals surface area (Å²) in [5.74, 6) is 1.78. The maximum Gasteiger partial charge on any atom is 0.109 e. The zero-order chi connectivity index (χ0) is 8.10. The van der Waals surface area contributed by atoms with E-state index in [1.54, 1.807) is 0 Å². The molecular weight excluding hydrogens is 136 g/mol. The van der Waals surface area contributed by atoms with Crippen molar-refractivity contribution in [1.29, 1.82) is 0 Å². The lowest BCUT2D eigenvalue weighted by atomic mass is 10.0. The molecule has 1 aromatic rings. The van der Waals surface area contributed by atoms with Crippen molar-refractivity contribution in [2.24, 2.45) is 0 Å². The summed E-state index contributed by atoms with van der Waals surface area (Å²) >= 11 is 0. The van der Waals surface area contributed by atoms with Gasteiger partial charge in [0.2, 0.25) is 0 Å². The van der Waals surface area contributed by atoms with Crippen LogP contribution >= 0.6 is 0 Å². The number of imidazole rings is 1. The van der Waals surface area contributed by atoms with E-state index in [4.69, 9.17) is 0 Å². The van der Waals surface area contributed by atoms with Gasteiger partial charge in [-0.2, -0.15) is 0 Å². The molecule has 2 heteroatoms. The van der Waals surface area contributed by atoms with Crippen molar-refractivity contribution < 1.29 is 0 Å². The number of rotatable bonds is 4. The highest BCUT2D eigenvalue weighted by Crippen LogP contribution is 2.20. The van der Waals surface area contributed by atoms with E-state index < -0.39 is 0 Å². The van der Waals surface area contributed by atoms with Crippen LogP contribution in [-0.4, -0.2) is 9.97 Å². The van der Waals surface area contributed by atoms with Gasteiger partial charge < -0.3 is 4.98 Å². The van der Waals surface area contributed by atoms with Crippen LogP contribution < -0.4 is 0 Å². The molecule has 0 aliphatic carbocycles. The third-order valence-corrected chi connectivity index (χ3v) is 2.04. The Hall–Kier alpha value is -0.790. The van der Waals surface area contributed by atoms with E-state index in [0.29, 0.717) is 5.92 Å². The molecule has 0 saturated heterocycles. The Kier molecular flexibility index (Phi) is 3.14. The van der Waals surface area contributed by atoms with Gasteiger partial charge in [-0.15, -0.1) is 0 Å². The first-order chi connectivity index (χ1) is 5.38. The zero-order valence-corrected chi connectivity index (χ0v) is 7.30. The summed E-state index contributed by atoms with van der Waals surface area (Å²) in [4.78, 5) is 7.41. The molecule has 62 valence electrons. The second-order valence-corrected chi connectivity index (χ2v) is 2.87. The standard InChI is InChI=1S/C9H16N2/c1-3-5-8(4-2)9-10-6-7-11-9/h6-8H,3-5H2,1-2H3,(H,10,11). The van der Waals surface area contributed by atoms with E-state index in [0.717, 1.165) is 5.82 Å². The van der Waals surface area contributed by atoms with E-state index in [1.807, 2.05) is 12.4 Å². The van der Waals surface area contributed by atoms with Crippen LogP contribution in [0.2, 0.25) is 0 Å². The molecule has 1 aromatic heterocycles. The summed E-state index contributed by atoms with van der Waals surface area (Å²) in [5.41, 5.74) is 0. The third kappa shape index (κ3) is 2.07. The summed E-state index contributed by atoms with van der Waals surface area (Å²) in [6, 6.07) is 0. The Bertz CT molecular complexity index is 179. The van der Waals surface area contributed by atoms with E-state index in [2.05, 4.69) is 23.8 Å². The van der Waals surface area contributed by atoms with Crippen molar-refractivity contribution in [3.8, 4) is 0 Å². The number of hydrogen-bond donors (Lipinski definition) is 1. The normalized spacial score (nSPS) is 13.3. The Morgan fingerprint density at radius 3 is 2.82 bits per heavy atom. The molecule has 0 fully saturated rings. The second kappa shape index (κ2) is 4.16. The molecule has 0 radical (unpaired) electrons. The predicted molar refractivity (Wildman–Crippen MR) is 46.5 cm³/mol. The Morgan fingerprint density at radius 1 is 1.55 bits per heavy atom. The van der Waals surface area contributed by atoms with Crippen LogP contribution in [0.15, 0.2) is 12.4 Å². The van der Waals surface area contributed by atoms with Crippen LogP contribution in [-0.2, 0) is 0 Å². The van der Waals surface area contributed by atoms with Gasteiger partial charge in [-0.05, 0) is 12.8 Å². The predicted octanol–water partition coefficient (Wildman–Crippen LogP) is 2.70. The highest BCUT2D eigenvalue weighted by Gasteiger charge is 2.09. The molecule has 0 aliphatic rings. The lowest BCUT2D eigenvalue weighted by molar-refractivity contribution is 0.569. The minimum Gasteiger partial charge on any atom is -0.348 e. The maximum atomic E-state index is 4.25. The fraction of sp³-hybridized carbons (Fsp3) is 0.667. The van der Waals surface area contributed by atoms with E-state index in [9.17, 15) is 0 Å². The number of nitrogens with zero attached hydrogens (tertiary/aromatic N) is 1. The number of aromatic amines is 1. The average molecular weight is 152 g/mol. The largest absolute Gasteiger partial charge is 0.348 e. The molecule has 1 N–H and O–H groups in total. The SMILES string of the molecule is CCCC(CC)c1ncc[nH]1. The second-order valence-electron chi connectivity index (χ2n) is 2.87. The minimum absolute atomic E-state index is 0.634. The van der Waals surface area contributed by atoms with Gasteiger partial charge in [0.05, 0.1) is 0 Å². The molecule has 0 aromatic carbocycles. The topological polar surface area (TPSA) is 28.7 Å². The van der Waals surface area contributed by atoms with Gasteiger partial charge in [-0.1, -0.05) is 20.3 Å². The molecule has 1 unspecified atom stereocenters. The fourth-order valence-electron chi connectivity index (χ4n) is 1.38. The third-order valence-electron chi connectivity index (χ3n) is 2.04. The molecule has 1 heterocycles. The lowest BCUT2D eigenvalue weighted by Gasteiger charge is -2.09. The molecule has 1 rings (SSSR count). The van der Waals surface area contributed by atoms with Crippen molar-refractivity contribution in [1.82, 2.24) is 9.97 Å². The Morgan fingerprint density at radius 2 is 2.36 bits per heavy atom. The van der Waals surface area contributed by atoms with Crippen molar-refractivity contribution in [2.75, 3.05) is 0 Å². The van der Waals surface area contributed by atoms with E-state index in [1.165, 1.54) is 19.3 Å². The van der Waals surface area contributed by atoms with Gasteiger partial charge >= 0.3 is 0 Å².